The molecule has 3 aromatic carbocycles. The van der Waals surface area contributed by atoms with Crippen molar-refractivity contribution >= 4 is 40.9 Å². The van der Waals surface area contributed by atoms with Crippen LogP contribution in [0.2, 0.25) is 10.0 Å². The van der Waals surface area contributed by atoms with Crippen LogP contribution in [-0.2, 0) is 11.3 Å². The van der Waals surface area contributed by atoms with E-state index in [1.165, 1.54) is 0 Å². The summed E-state index contributed by atoms with van der Waals surface area (Å²) in [5, 5.41) is 17.6. The van der Waals surface area contributed by atoms with Gasteiger partial charge in [-0.3, -0.25) is 14.3 Å². The average molecular weight is 538 g/mol. The van der Waals surface area contributed by atoms with Crippen LogP contribution in [0, 0.1) is 0 Å². The van der Waals surface area contributed by atoms with Crippen LogP contribution >= 0.6 is 23.2 Å². The van der Waals surface area contributed by atoms with Gasteiger partial charge in [-0.05, 0) is 54.4 Å². The van der Waals surface area contributed by atoms with Gasteiger partial charge in [0.15, 0.2) is 5.82 Å². The van der Waals surface area contributed by atoms with Crippen molar-refractivity contribution in [2.24, 2.45) is 0 Å². The average Bonchev–Trinajstić information content (AvgIpc) is 3.32. The van der Waals surface area contributed by atoms with E-state index >= 15 is 0 Å². The number of rotatable bonds is 7. The summed E-state index contributed by atoms with van der Waals surface area (Å²) in [6, 6.07) is 18.9. The first-order valence-corrected chi connectivity index (χ1v) is 12.2. The largest absolute Gasteiger partial charge is 0.493 e. The molecule has 10 heteroatoms. The number of hydrogen-bond acceptors (Lipinski definition) is 5. The molecule has 188 valence electrons. The van der Waals surface area contributed by atoms with Crippen molar-refractivity contribution in [1.29, 1.82) is 0 Å². The SMILES string of the molecule is O=C(Nc1ccn(Cc2ccc(Cl)cc2)n1)c1ccc(Oc2cc3c(cc2Cl)C(C(=O)O)CCO3)cc1. The van der Waals surface area contributed by atoms with Gasteiger partial charge in [0.25, 0.3) is 5.91 Å². The molecule has 2 N–H and O–H groups in total. The Morgan fingerprint density at radius 3 is 2.57 bits per heavy atom. The Labute approximate surface area is 222 Å². The Hall–Kier alpha value is -4.01. The van der Waals surface area contributed by atoms with Crippen molar-refractivity contribution in [2.75, 3.05) is 11.9 Å². The molecule has 8 nitrogen and oxygen atoms in total. The van der Waals surface area contributed by atoms with Gasteiger partial charge in [0.05, 0.1) is 24.1 Å². The van der Waals surface area contributed by atoms with E-state index in [9.17, 15) is 14.7 Å². The Bertz CT molecular complexity index is 1450. The summed E-state index contributed by atoms with van der Waals surface area (Å²) in [6.45, 7) is 0.848. The molecule has 2 heterocycles. The van der Waals surface area contributed by atoms with Crippen LogP contribution in [-0.4, -0.2) is 33.4 Å². The molecular weight excluding hydrogens is 517 g/mol. The molecule has 0 spiro atoms. The van der Waals surface area contributed by atoms with E-state index in [0.29, 0.717) is 58.8 Å². The number of nitrogens with zero attached hydrogens (tertiary/aromatic N) is 2. The summed E-state index contributed by atoms with van der Waals surface area (Å²) in [4.78, 5) is 24.2. The predicted molar refractivity (Wildman–Crippen MR) is 139 cm³/mol. The highest BCUT2D eigenvalue weighted by Gasteiger charge is 2.29. The zero-order chi connectivity index (χ0) is 25.9. The number of amides is 1. The fourth-order valence-electron chi connectivity index (χ4n) is 4.01. The third-order valence-corrected chi connectivity index (χ3v) is 6.43. The molecule has 5 rings (SSSR count). The van der Waals surface area contributed by atoms with Crippen LogP contribution in [0.1, 0.15) is 33.8 Å². The number of benzene rings is 3. The molecule has 1 aliphatic rings. The topological polar surface area (TPSA) is 103 Å². The second-order valence-electron chi connectivity index (χ2n) is 8.45. The summed E-state index contributed by atoms with van der Waals surface area (Å²) >= 11 is 12.3. The zero-order valence-electron chi connectivity index (χ0n) is 19.4. The summed E-state index contributed by atoms with van der Waals surface area (Å²) in [5.74, 6) is -0.257. The second kappa shape index (κ2) is 10.5. The Morgan fingerprint density at radius 2 is 1.84 bits per heavy atom. The molecule has 0 bridgehead atoms. The second-order valence-corrected chi connectivity index (χ2v) is 9.30. The minimum atomic E-state index is -0.920. The minimum Gasteiger partial charge on any atom is -0.493 e. The van der Waals surface area contributed by atoms with E-state index in [1.807, 2.05) is 24.3 Å². The lowest BCUT2D eigenvalue weighted by atomic mass is 9.93. The van der Waals surface area contributed by atoms with Gasteiger partial charge in [0, 0.05) is 34.5 Å². The quantitative estimate of drug-likeness (QED) is 0.289. The molecule has 1 atom stereocenters. The monoisotopic (exact) mass is 537 g/mol. The van der Waals surface area contributed by atoms with Gasteiger partial charge in [-0.1, -0.05) is 35.3 Å². The van der Waals surface area contributed by atoms with E-state index in [0.717, 1.165) is 5.56 Å². The lowest BCUT2D eigenvalue weighted by Gasteiger charge is -2.24. The van der Waals surface area contributed by atoms with E-state index in [2.05, 4.69) is 10.4 Å². The third-order valence-electron chi connectivity index (χ3n) is 5.89. The molecule has 0 saturated carbocycles. The lowest BCUT2D eigenvalue weighted by Crippen LogP contribution is -2.20. The van der Waals surface area contributed by atoms with E-state index < -0.39 is 11.9 Å². The number of hydrogen-bond donors (Lipinski definition) is 2. The molecule has 4 aromatic rings. The van der Waals surface area contributed by atoms with Gasteiger partial charge in [0.1, 0.15) is 17.2 Å². The number of aliphatic carboxylic acids is 1. The van der Waals surface area contributed by atoms with Gasteiger partial charge in [-0.2, -0.15) is 5.10 Å². The summed E-state index contributed by atoms with van der Waals surface area (Å²) < 4.78 is 13.2. The number of anilines is 1. The van der Waals surface area contributed by atoms with Crippen LogP contribution in [0.15, 0.2) is 72.9 Å². The third kappa shape index (κ3) is 5.71. The van der Waals surface area contributed by atoms with Gasteiger partial charge in [-0.25, -0.2) is 0 Å². The predicted octanol–water partition coefficient (Wildman–Crippen LogP) is 6.23. The number of ether oxygens (including phenoxy) is 2. The molecule has 1 aliphatic heterocycles. The van der Waals surface area contributed by atoms with E-state index in [-0.39, 0.29) is 10.9 Å². The summed E-state index contributed by atoms with van der Waals surface area (Å²) in [6.07, 6.45) is 2.16. The van der Waals surface area contributed by atoms with Crippen molar-refractivity contribution < 1.29 is 24.2 Å². The molecule has 37 heavy (non-hydrogen) atoms. The highest BCUT2D eigenvalue weighted by Crippen LogP contribution is 2.41. The number of carboxylic acid groups (broad SMARTS) is 1. The smallest absolute Gasteiger partial charge is 0.311 e. The standard InChI is InChI=1S/C27H21Cl2N3O5/c28-18-5-1-16(2-6-18)15-32-11-9-25(31-32)30-26(33)17-3-7-19(8-4-17)37-24-14-23-21(13-22(24)29)20(27(34)35)10-12-36-23/h1-9,11,13-14,20H,10,12,15H2,(H,34,35)(H,30,31,33). The highest BCUT2D eigenvalue weighted by atomic mass is 35.5. The van der Waals surface area contributed by atoms with Crippen molar-refractivity contribution in [3.05, 3.63) is 99.7 Å². The summed E-state index contributed by atoms with van der Waals surface area (Å²) in [7, 11) is 0. The van der Waals surface area contributed by atoms with Gasteiger partial charge in [-0.15, -0.1) is 0 Å². The number of carbonyl (C=O) groups is 2. The fraction of sp³-hybridized carbons (Fsp3) is 0.148. The maximum absolute atomic E-state index is 12.7. The molecule has 0 radical (unpaired) electrons. The molecule has 1 aromatic heterocycles. The normalized spacial score (nSPS) is 14.4. The van der Waals surface area contributed by atoms with Crippen molar-refractivity contribution in [2.45, 2.75) is 18.9 Å². The first-order valence-electron chi connectivity index (χ1n) is 11.4. The molecule has 1 unspecified atom stereocenters. The summed E-state index contributed by atoms with van der Waals surface area (Å²) in [5.41, 5.74) is 1.98. The fourth-order valence-corrected chi connectivity index (χ4v) is 4.34. The minimum absolute atomic E-state index is 0.270. The Kier molecular flexibility index (Phi) is 7.03. The van der Waals surface area contributed by atoms with Crippen LogP contribution in [0.4, 0.5) is 5.82 Å². The van der Waals surface area contributed by atoms with Crippen LogP contribution in [0.25, 0.3) is 0 Å². The molecular formula is C27H21Cl2N3O5. The first-order chi connectivity index (χ1) is 17.9. The molecule has 0 aliphatic carbocycles. The van der Waals surface area contributed by atoms with Gasteiger partial charge >= 0.3 is 5.97 Å². The number of halogens is 2. The maximum atomic E-state index is 12.7. The molecule has 1 amide bonds. The molecule has 0 saturated heterocycles. The van der Waals surface area contributed by atoms with Crippen LogP contribution < -0.4 is 14.8 Å². The maximum Gasteiger partial charge on any atom is 0.311 e. The number of carboxylic acids is 1. The Balaban J connectivity index is 1.23. The lowest BCUT2D eigenvalue weighted by molar-refractivity contribution is -0.139. The van der Waals surface area contributed by atoms with Crippen molar-refractivity contribution in [3.63, 3.8) is 0 Å². The number of nitrogens with one attached hydrogen (secondary N) is 1. The number of aromatic nitrogens is 2. The zero-order valence-corrected chi connectivity index (χ0v) is 20.9. The van der Waals surface area contributed by atoms with Gasteiger partial charge < -0.3 is 19.9 Å². The van der Waals surface area contributed by atoms with Crippen molar-refractivity contribution in [3.8, 4) is 17.2 Å². The van der Waals surface area contributed by atoms with Crippen molar-refractivity contribution in [1.82, 2.24) is 9.78 Å². The molecule has 0 fully saturated rings. The first kappa shape index (κ1) is 24.7. The van der Waals surface area contributed by atoms with E-state index in [1.54, 1.807) is 53.3 Å². The number of fused-ring (bicyclic) bond motifs is 1. The van der Waals surface area contributed by atoms with Gasteiger partial charge in [0.2, 0.25) is 0 Å². The van der Waals surface area contributed by atoms with E-state index in [4.69, 9.17) is 32.7 Å². The highest BCUT2D eigenvalue weighted by molar-refractivity contribution is 6.32. The number of carbonyl (C=O) groups excluding carboxylic acids is 1. The van der Waals surface area contributed by atoms with Crippen LogP contribution in [0.3, 0.4) is 0 Å². The van der Waals surface area contributed by atoms with Crippen LogP contribution in [0.5, 0.6) is 17.2 Å². The Morgan fingerprint density at radius 1 is 1.08 bits per heavy atom.